The molecule has 4 N–H and O–H groups in total. The first-order valence-corrected chi connectivity index (χ1v) is 16.9. The number of urea groups is 1. The molecule has 1 fully saturated rings. The van der Waals surface area contributed by atoms with Gasteiger partial charge in [-0.25, -0.2) is 4.79 Å². The third-order valence-electron chi connectivity index (χ3n) is 8.35. The molecule has 0 aliphatic carbocycles. The summed E-state index contributed by atoms with van der Waals surface area (Å²) in [6.45, 7) is 5.52. The van der Waals surface area contributed by atoms with Crippen LogP contribution >= 0.6 is 0 Å². The lowest BCUT2D eigenvalue weighted by Crippen LogP contribution is -2.57. The molecule has 3 aromatic rings. The van der Waals surface area contributed by atoms with Crippen LogP contribution in [0.1, 0.15) is 62.6 Å². The van der Waals surface area contributed by atoms with E-state index in [0.29, 0.717) is 38.3 Å². The first-order chi connectivity index (χ1) is 22.8. The minimum absolute atomic E-state index is 0.135. The van der Waals surface area contributed by atoms with Gasteiger partial charge in [-0.1, -0.05) is 99.5 Å². The molecule has 1 saturated heterocycles. The molecule has 9 heteroatoms. The smallest absolute Gasteiger partial charge is 0.318 e. The molecule has 1 aliphatic heterocycles. The maximum absolute atomic E-state index is 13.8. The van der Waals surface area contributed by atoms with Crippen molar-refractivity contribution in [2.75, 3.05) is 19.7 Å². The van der Waals surface area contributed by atoms with E-state index in [1.165, 1.54) is 0 Å². The van der Waals surface area contributed by atoms with E-state index in [-0.39, 0.29) is 25.0 Å². The van der Waals surface area contributed by atoms with E-state index >= 15 is 0 Å². The molecule has 252 valence electrons. The molecule has 3 atom stereocenters. The minimum atomic E-state index is -0.937. The molecule has 47 heavy (non-hydrogen) atoms. The van der Waals surface area contributed by atoms with Crippen LogP contribution in [0.5, 0.6) is 5.75 Å². The molecular weight excluding hydrogens is 592 g/mol. The van der Waals surface area contributed by atoms with Crippen molar-refractivity contribution in [1.29, 1.82) is 0 Å². The zero-order chi connectivity index (χ0) is 33.4. The average molecular weight is 643 g/mol. The fourth-order valence-corrected chi connectivity index (χ4v) is 5.76. The monoisotopic (exact) mass is 642 g/mol. The van der Waals surface area contributed by atoms with Crippen molar-refractivity contribution in [1.82, 2.24) is 20.9 Å². The van der Waals surface area contributed by atoms with Crippen molar-refractivity contribution >= 4 is 17.8 Å². The summed E-state index contributed by atoms with van der Waals surface area (Å²) in [6, 6.07) is 24.5. The molecule has 0 spiro atoms. The van der Waals surface area contributed by atoms with Gasteiger partial charge in [-0.3, -0.25) is 9.59 Å². The number of ether oxygens (including phenoxy) is 1. The molecular formula is C38H50N4O5. The van der Waals surface area contributed by atoms with Gasteiger partial charge >= 0.3 is 6.03 Å². The molecule has 1 heterocycles. The molecule has 0 bridgehead atoms. The van der Waals surface area contributed by atoms with E-state index in [1.54, 1.807) is 4.90 Å². The topological polar surface area (TPSA) is 120 Å². The normalized spacial score (nSPS) is 15.2. The van der Waals surface area contributed by atoms with E-state index in [2.05, 4.69) is 16.0 Å². The van der Waals surface area contributed by atoms with Crippen LogP contribution in [0, 0.1) is 5.92 Å². The third-order valence-corrected chi connectivity index (χ3v) is 8.35. The maximum atomic E-state index is 13.8. The van der Waals surface area contributed by atoms with Crippen molar-refractivity contribution < 1.29 is 24.2 Å². The number of carbonyl (C=O) groups excluding carboxylic acids is 3. The lowest BCUT2D eigenvalue weighted by atomic mass is 10.0. The van der Waals surface area contributed by atoms with Crippen molar-refractivity contribution in [3.8, 4) is 5.75 Å². The van der Waals surface area contributed by atoms with Gasteiger partial charge in [0.15, 0.2) is 0 Å². The van der Waals surface area contributed by atoms with Gasteiger partial charge in [0.1, 0.15) is 24.4 Å². The number of carbonyl (C=O) groups is 3. The summed E-state index contributed by atoms with van der Waals surface area (Å²) in [4.78, 5) is 42.6. The summed E-state index contributed by atoms with van der Waals surface area (Å²) >= 11 is 0. The van der Waals surface area contributed by atoms with E-state index in [4.69, 9.17) is 4.74 Å². The Hall–Kier alpha value is -4.37. The Morgan fingerprint density at radius 2 is 1.28 bits per heavy atom. The first kappa shape index (κ1) is 35.5. The number of hydrogen-bond acceptors (Lipinski definition) is 5. The predicted octanol–water partition coefficient (Wildman–Crippen LogP) is 5.01. The highest BCUT2D eigenvalue weighted by Gasteiger charge is 2.30. The Morgan fingerprint density at radius 1 is 0.702 bits per heavy atom. The standard InChI is InChI=1S/C38H50N4O5/c1-28(2)23-34(41-38(46)42-21-11-3-4-12-22-42)37(45)40-35(36(44)39-32(26-43)24-29-13-7-5-8-14-29)25-30-17-19-33(20-18-30)47-27-31-15-9-6-10-16-31/h5-10,13-20,28,32,34-35,43H,3-4,11-12,21-27H2,1-2H3,(H,39,44)(H,40,45)(H,41,46)/t32?,34-,35-/m0/s1. The molecule has 0 saturated carbocycles. The summed E-state index contributed by atoms with van der Waals surface area (Å²) in [6.07, 6.45) is 5.17. The fraction of sp³-hybridized carbons (Fsp3) is 0.447. The van der Waals surface area contributed by atoms with Gasteiger partial charge in [-0.15, -0.1) is 0 Å². The average Bonchev–Trinajstić information content (AvgIpc) is 3.38. The Labute approximate surface area is 279 Å². The van der Waals surface area contributed by atoms with E-state index in [1.807, 2.05) is 98.8 Å². The van der Waals surface area contributed by atoms with E-state index in [0.717, 1.165) is 42.4 Å². The first-order valence-electron chi connectivity index (χ1n) is 16.9. The van der Waals surface area contributed by atoms with Crippen molar-refractivity contribution in [3.63, 3.8) is 0 Å². The van der Waals surface area contributed by atoms with Crippen LogP contribution < -0.4 is 20.7 Å². The lowest BCUT2D eigenvalue weighted by molar-refractivity contribution is -0.130. The number of nitrogens with one attached hydrogen (secondary N) is 3. The van der Waals surface area contributed by atoms with Crippen LogP contribution in [0.15, 0.2) is 84.9 Å². The third kappa shape index (κ3) is 12.1. The maximum Gasteiger partial charge on any atom is 0.318 e. The number of rotatable bonds is 15. The summed E-state index contributed by atoms with van der Waals surface area (Å²) in [5.74, 6) is 0.0166. The molecule has 1 unspecified atom stereocenters. The predicted molar refractivity (Wildman–Crippen MR) is 184 cm³/mol. The molecule has 1 aliphatic rings. The van der Waals surface area contributed by atoms with Crippen LogP contribution in [-0.2, 0) is 29.0 Å². The summed E-state index contributed by atoms with van der Waals surface area (Å²) in [7, 11) is 0. The van der Waals surface area contributed by atoms with E-state index < -0.39 is 29.9 Å². The number of aliphatic hydroxyl groups is 1. The minimum Gasteiger partial charge on any atom is -0.489 e. The molecule has 0 aromatic heterocycles. The van der Waals surface area contributed by atoms with Crippen molar-refractivity contribution in [3.05, 3.63) is 102 Å². The second-order valence-electron chi connectivity index (χ2n) is 12.8. The van der Waals surface area contributed by atoms with Gasteiger partial charge in [0.25, 0.3) is 0 Å². The SMILES string of the molecule is CC(C)C[C@H](NC(=O)N1CCCCCC1)C(=O)N[C@@H](Cc1ccc(OCc2ccccc2)cc1)C(=O)NC(CO)Cc1ccccc1. The number of benzene rings is 3. The number of hydrogen-bond donors (Lipinski definition) is 4. The van der Waals surface area contributed by atoms with Gasteiger partial charge in [-0.05, 0) is 60.4 Å². The van der Waals surface area contributed by atoms with Crippen LogP contribution in [0.25, 0.3) is 0 Å². The molecule has 0 radical (unpaired) electrons. The second kappa shape index (κ2) is 18.7. The van der Waals surface area contributed by atoms with Crippen LogP contribution in [0.4, 0.5) is 4.79 Å². The lowest BCUT2D eigenvalue weighted by Gasteiger charge is -2.28. The van der Waals surface area contributed by atoms with Gasteiger partial charge in [0, 0.05) is 19.5 Å². The number of amides is 4. The van der Waals surface area contributed by atoms with Crippen LogP contribution in [-0.4, -0.2) is 65.7 Å². The highest BCUT2D eigenvalue weighted by Crippen LogP contribution is 2.17. The second-order valence-corrected chi connectivity index (χ2v) is 12.8. The van der Waals surface area contributed by atoms with Crippen LogP contribution in [0.2, 0.25) is 0 Å². The summed E-state index contributed by atoms with van der Waals surface area (Å²) < 4.78 is 5.93. The number of likely N-dealkylation sites (tertiary alicyclic amines) is 1. The fourth-order valence-electron chi connectivity index (χ4n) is 5.76. The quantitative estimate of drug-likeness (QED) is 0.186. The van der Waals surface area contributed by atoms with Gasteiger partial charge in [0.2, 0.25) is 11.8 Å². The zero-order valence-electron chi connectivity index (χ0n) is 27.7. The Bertz CT molecular complexity index is 1380. The molecule has 9 nitrogen and oxygen atoms in total. The van der Waals surface area contributed by atoms with E-state index in [9.17, 15) is 19.5 Å². The number of aliphatic hydroxyl groups excluding tert-OH is 1. The largest absolute Gasteiger partial charge is 0.489 e. The number of nitrogens with zero attached hydrogens (tertiary/aromatic N) is 1. The molecule has 4 rings (SSSR count). The highest BCUT2D eigenvalue weighted by atomic mass is 16.5. The van der Waals surface area contributed by atoms with Gasteiger partial charge in [0.05, 0.1) is 12.6 Å². The molecule has 4 amide bonds. The van der Waals surface area contributed by atoms with Gasteiger partial charge in [-0.2, -0.15) is 0 Å². The highest BCUT2D eigenvalue weighted by molar-refractivity contribution is 5.92. The summed E-state index contributed by atoms with van der Waals surface area (Å²) in [5.41, 5.74) is 2.87. The Balaban J connectivity index is 1.48. The Kier molecular flexibility index (Phi) is 14.1. The van der Waals surface area contributed by atoms with Crippen LogP contribution in [0.3, 0.4) is 0 Å². The Morgan fingerprint density at radius 3 is 1.87 bits per heavy atom. The zero-order valence-corrected chi connectivity index (χ0v) is 27.7. The molecule has 3 aromatic carbocycles. The van der Waals surface area contributed by atoms with Gasteiger partial charge < -0.3 is 30.7 Å². The van der Waals surface area contributed by atoms with Crippen molar-refractivity contribution in [2.45, 2.75) is 83.5 Å². The van der Waals surface area contributed by atoms with Crippen molar-refractivity contribution in [2.24, 2.45) is 5.92 Å². The summed E-state index contributed by atoms with van der Waals surface area (Å²) in [5, 5.41) is 19.0.